The van der Waals surface area contributed by atoms with Crippen molar-refractivity contribution >= 4 is 29.2 Å². The molecule has 1 aromatic rings. The van der Waals surface area contributed by atoms with Crippen molar-refractivity contribution in [2.24, 2.45) is 0 Å². The molecular weight excluding hydrogens is 246 g/mol. The molecule has 6 heteroatoms. The van der Waals surface area contributed by atoms with E-state index in [0.717, 1.165) is 5.82 Å². The van der Waals surface area contributed by atoms with E-state index in [1.165, 1.54) is 11.8 Å². The quantitative estimate of drug-likeness (QED) is 0.462. The molecule has 16 heavy (non-hydrogen) atoms. The molecule has 1 aromatic heterocycles. The average molecular weight is 262 g/mol. The lowest BCUT2D eigenvalue weighted by Crippen LogP contribution is -2.33. The minimum Gasteiger partial charge on any atom is -0.383 e. The zero-order valence-electron chi connectivity index (χ0n) is 9.90. The van der Waals surface area contributed by atoms with Gasteiger partial charge in [-0.3, -0.25) is 0 Å². The Morgan fingerprint density at radius 3 is 2.81 bits per heavy atom. The molecule has 0 saturated heterocycles. The van der Waals surface area contributed by atoms with E-state index < -0.39 is 0 Å². The van der Waals surface area contributed by atoms with Crippen molar-refractivity contribution in [2.45, 2.75) is 18.1 Å². The Bertz CT molecular complexity index is 351. The SMILES string of the molecule is COCC(C)N(C)c1cc(Cl)nc(SC)n1. The first-order chi connectivity index (χ1) is 7.58. The van der Waals surface area contributed by atoms with E-state index in [1.54, 1.807) is 13.2 Å². The summed E-state index contributed by atoms with van der Waals surface area (Å²) < 4.78 is 5.11. The van der Waals surface area contributed by atoms with Gasteiger partial charge in [0.15, 0.2) is 5.16 Å². The summed E-state index contributed by atoms with van der Waals surface area (Å²) in [6.45, 7) is 2.71. The van der Waals surface area contributed by atoms with Crippen LogP contribution in [0.4, 0.5) is 5.82 Å². The number of aromatic nitrogens is 2. The van der Waals surface area contributed by atoms with E-state index in [2.05, 4.69) is 16.9 Å². The second-order valence-corrected chi connectivity index (χ2v) is 4.61. The van der Waals surface area contributed by atoms with Crippen molar-refractivity contribution in [3.8, 4) is 0 Å². The number of halogens is 1. The van der Waals surface area contributed by atoms with Crippen LogP contribution in [0, 0.1) is 0 Å². The summed E-state index contributed by atoms with van der Waals surface area (Å²) in [5, 5.41) is 1.14. The lowest BCUT2D eigenvalue weighted by Gasteiger charge is -2.25. The summed E-state index contributed by atoms with van der Waals surface area (Å²) in [5.74, 6) is 0.814. The van der Waals surface area contributed by atoms with Crippen molar-refractivity contribution in [1.29, 1.82) is 0 Å². The van der Waals surface area contributed by atoms with Gasteiger partial charge in [-0.1, -0.05) is 23.4 Å². The fourth-order valence-electron chi connectivity index (χ4n) is 1.24. The highest BCUT2D eigenvalue weighted by molar-refractivity contribution is 7.98. The smallest absolute Gasteiger partial charge is 0.190 e. The minimum atomic E-state index is 0.241. The van der Waals surface area contributed by atoms with Crippen LogP contribution in [-0.4, -0.2) is 43.0 Å². The van der Waals surface area contributed by atoms with E-state index in [1.807, 2.05) is 18.2 Å². The Balaban J connectivity index is 2.89. The molecule has 4 nitrogen and oxygen atoms in total. The van der Waals surface area contributed by atoms with Crippen molar-refractivity contribution in [3.63, 3.8) is 0 Å². The van der Waals surface area contributed by atoms with Gasteiger partial charge in [-0.15, -0.1) is 0 Å². The van der Waals surface area contributed by atoms with E-state index in [9.17, 15) is 0 Å². The van der Waals surface area contributed by atoms with Crippen LogP contribution in [0.2, 0.25) is 5.15 Å². The first kappa shape index (κ1) is 13.5. The van der Waals surface area contributed by atoms with Gasteiger partial charge in [-0.2, -0.15) is 0 Å². The number of methoxy groups -OCH3 is 1. The summed E-state index contributed by atoms with van der Waals surface area (Å²) >= 11 is 7.41. The summed E-state index contributed by atoms with van der Waals surface area (Å²) in [7, 11) is 3.65. The minimum absolute atomic E-state index is 0.241. The van der Waals surface area contributed by atoms with Crippen LogP contribution in [0.3, 0.4) is 0 Å². The molecule has 0 bridgehead atoms. The maximum atomic E-state index is 5.93. The van der Waals surface area contributed by atoms with Crippen LogP contribution in [-0.2, 0) is 4.74 Å². The number of likely N-dealkylation sites (N-methyl/N-ethyl adjacent to an activating group) is 1. The number of rotatable bonds is 5. The van der Waals surface area contributed by atoms with E-state index in [4.69, 9.17) is 16.3 Å². The van der Waals surface area contributed by atoms with Gasteiger partial charge in [0.2, 0.25) is 0 Å². The lowest BCUT2D eigenvalue weighted by atomic mass is 10.3. The molecule has 0 aliphatic heterocycles. The molecule has 0 saturated carbocycles. The van der Waals surface area contributed by atoms with Crippen molar-refractivity contribution in [3.05, 3.63) is 11.2 Å². The molecule has 0 aliphatic rings. The van der Waals surface area contributed by atoms with Gasteiger partial charge in [0.25, 0.3) is 0 Å². The summed E-state index contributed by atoms with van der Waals surface area (Å²) in [6.07, 6.45) is 1.92. The topological polar surface area (TPSA) is 38.2 Å². The van der Waals surface area contributed by atoms with Gasteiger partial charge >= 0.3 is 0 Å². The maximum Gasteiger partial charge on any atom is 0.190 e. The average Bonchev–Trinajstić information content (AvgIpc) is 2.27. The molecule has 0 radical (unpaired) electrons. The molecule has 0 amide bonds. The highest BCUT2D eigenvalue weighted by Crippen LogP contribution is 2.20. The number of nitrogens with zero attached hydrogens (tertiary/aromatic N) is 3. The van der Waals surface area contributed by atoms with Crippen molar-refractivity contribution in [2.75, 3.05) is 31.9 Å². The summed E-state index contributed by atoms with van der Waals surface area (Å²) in [5.41, 5.74) is 0. The lowest BCUT2D eigenvalue weighted by molar-refractivity contribution is 0.183. The van der Waals surface area contributed by atoms with Crippen molar-refractivity contribution < 1.29 is 4.74 Å². The first-order valence-corrected chi connectivity index (χ1v) is 6.49. The molecule has 0 N–H and O–H groups in total. The molecule has 1 unspecified atom stereocenters. The molecule has 90 valence electrons. The highest BCUT2D eigenvalue weighted by Gasteiger charge is 2.13. The third-order valence-electron chi connectivity index (χ3n) is 2.27. The van der Waals surface area contributed by atoms with Crippen molar-refractivity contribution in [1.82, 2.24) is 9.97 Å². The normalized spacial score (nSPS) is 12.6. The largest absolute Gasteiger partial charge is 0.383 e. The van der Waals surface area contributed by atoms with Gasteiger partial charge < -0.3 is 9.64 Å². The molecule has 0 spiro atoms. The molecule has 0 aliphatic carbocycles. The second kappa shape index (κ2) is 6.27. The summed E-state index contributed by atoms with van der Waals surface area (Å²) in [6, 6.07) is 2.00. The zero-order chi connectivity index (χ0) is 12.1. The third kappa shape index (κ3) is 3.50. The van der Waals surface area contributed by atoms with Crippen LogP contribution >= 0.6 is 23.4 Å². The van der Waals surface area contributed by atoms with E-state index >= 15 is 0 Å². The van der Waals surface area contributed by atoms with E-state index in [-0.39, 0.29) is 6.04 Å². The van der Waals surface area contributed by atoms with Gasteiger partial charge in [-0.05, 0) is 13.2 Å². The molecular formula is C10H16ClN3OS. The zero-order valence-corrected chi connectivity index (χ0v) is 11.5. The van der Waals surface area contributed by atoms with E-state index in [0.29, 0.717) is 16.9 Å². The standard InChI is InChI=1S/C10H16ClN3OS/c1-7(6-15-3)14(2)9-5-8(11)12-10(13-9)16-4/h5,7H,6H2,1-4H3. The second-order valence-electron chi connectivity index (χ2n) is 3.45. The molecule has 1 atom stereocenters. The molecule has 0 aromatic carbocycles. The predicted octanol–water partition coefficient (Wildman–Crippen LogP) is 2.32. The Morgan fingerprint density at radius 2 is 2.25 bits per heavy atom. The fourth-order valence-corrected chi connectivity index (χ4v) is 1.84. The highest BCUT2D eigenvalue weighted by atomic mass is 35.5. The predicted molar refractivity (Wildman–Crippen MR) is 68.6 cm³/mol. The first-order valence-electron chi connectivity index (χ1n) is 4.88. The fraction of sp³-hybridized carbons (Fsp3) is 0.600. The maximum absolute atomic E-state index is 5.93. The summed E-state index contributed by atoms with van der Waals surface area (Å²) in [4.78, 5) is 10.5. The third-order valence-corrected chi connectivity index (χ3v) is 3.02. The van der Waals surface area contributed by atoms with Gasteiger partial charge in [0, 0.05) is 20.2 Å². The number of hydrogen-bond acceptors (Lipinski definition) is 5. The van der Waals surface area contributed by atoms with Crippen LogP contribution in [0.25, 0.3) is 0 Å². The Kier molecular flexibility index (Phi) is 5.31. The Morgan fingerprint density at radius 1 is 1.56 bits per heavy atom. The van der Waals surface area contributed by atoms with Crippen LogP contribution in [0.15, 0.2) is 11.2 Å². The molecule has 1 heterocycles. The Labute approximate surface area is 105 Å². The van der Waals surface area contributed by atoms with Gasteiger partial charge in [0.05, 0.1) is 12.6 Å². The number of anilines is 1. The monoisotopic (exact) mass is 261 g/mol. The van der Waals surface area contributed by atoms with Crippen LogP contribution in [0.1, 0.15) is 6.92 Å². The van der Waals surface area contributed by atoms with Crippen LogP contribution in [0.5, 0.6) is 0 Å². The number of ether oxygens (including phenoxy) is 1. The number of thioether (sulfide) groups is 1. The molecule has 0 fully saturated rings. The van der Waals surface area contributed by atoms with Gasteiger partial charge in [-0.25, -0.2) is 9.97 Å². The van der Waals surface area contributed by atoms with Gasteiger partial charge in [0.1, 0.15) is 11.0 Å². The van der Waals surface area contributed by atoms with Crippen LogP contribution < -0.4 is 4.90 Å². The Hall–Kier alpha value is -0.520. The number of hydrogen-bond donors (Lipinski definition) is 0. The molecule has 1 rings (SSSR count).